The third-order valence-electron chi connectivity index (χ3n) is 4.13. The highest BCUT2D eigenvalue weighted by Crippen LogP contribution is 2.37. The lowest BCUT2D eigenvalue weighted by molar-refractivity contribution is -0.120. The molecular weight excluding hydrogens is 306 g/mol. The highest BCUT2D eigenvalue weighted by Gasteiger charge is 2.33. The summed E-state index contributed by atoms with van der Waals surface area (Å²) in [6.07, 6.45) is 4.29. The number of hydrogen-bond donors (Lipinski definition) is 2. The zero-order valence-corrected chi connectivity index (χ0v) is 13.8. The number of halogens is 1. The van der Waals surface area contributed by atoms with Gasteiger partial charge in [0.2, 0.25) is 5.91 Å². The zero-order chi connectivity index (χ0) is 15.3. The maximum atomic E-state index is 12.2. The Hall–Kier alpha value is -0.710. The summed E-state index contributed by atoms with van der Waals surface area (Å²) in [5.41, 5.74) is -0.0969. The molecule has 1 aromatic carbocycles. The molecule has 1 atom stereocenters. The number of aliphatic hydroxyl groups is 1. The van der Waals surface area contributed by atoms with Crippen LogP contribution in [0.1, 0.15) is 32.6 Å². The number of benzene rings is 1. The molecule has 1 aliphatic rings. The van der Waals surface area contributed by atoms with Crippen LogP contribution in [0, 0.1) is 5.41 Å². The van der Waals surface area contributed by atoms with Crippen LogP contribution in [-0.4, -0.2) is 29.4 Å². The molecule has 1 amide bonds. The standard InChI is InChI=1S/C16H22ClNO2S/c1-12(21-14-6-4-13(17)5-7-14)15(20)18-10-16(11-19)8-2-3-9-16/h4-7,12,19H,2-3,8-11H2,1H3,(H,18,20). The van der Waals surface area contributed by atoms with Crippen molar-refractivity contribution in [2.75, 3.05) is 13.2 Å². The zero-order valence-electron chi connectivity index (χ0n) is 12.3. The van der Waals surface area contributed by atoms with E-state index in [4.69, 9.17) is 11.6 Å². The number of carbonyl (C=O) groups is 1. The van der Waals surface area contributed by atoms with Crippen molar-refractivity contribution in [1.82, 2.24) is 5.32 Å². The quantitative estimate of drug-likeness (QED) is 0.786. The Morgan fingerprint density at radius 3 is 2.57 bits per heavy atom. The van der Waals surface area contributed by atoms with Gasteiger partial charge in [-0.25, -0.2) is 0 Å². The molecule has 21 heavy (non-hydrogen) atoms. The molecule has 2 rings (SSSR count). The normalized spacial score (nSPS) is 18.4. The van der Waals surface area contributed by atoms with Crippen LogP contribution >= 0.6 is 23.4 Å². The lowest BCUT2D eigenvalue weighted by Gasteiger charge is -2.27. The predicted molar refractivity (Wildman–Crippen MR) is 87.8 cm³/mol. The smallest absolute Gasteiger partial charge is 0.233 e. The summed E-state index contributed by atoms with van der Waals surface area (Å²) in [4.78, 5) is 13.2. The topological polar surface area (TPSA) is 49.3 Å². The lowest BCUT2D eigenvalue weighted by atomic mass is 9.87. The van der Waals surface area contributed by atoms with Crippen molar-refractivity contribution in [1.29, 1.82) is 0 Å². The van der Waals surface area contributed by atoms with Gasteiger partial charge in [0.05, 0.1) is 11.9 Å². The largest absolute Gasteiger partial charge is 0.396 e. The molecule has 1 fully saturated rings. The Morgan fingerprint density at radius 2 is 2.00 bits per heavy atom. The number of thioether (sulfide) groups is 1. The first-order valence-corrected chi connectivity index (χ1v) is 8.61. The van der Waals surface area contributed by atoms with Crippen molar-refractivity contribution in [2.45, 2.75) is 42.8 Å². The van der Waals surface area contributed by atoms with Gasteiger partial charge in [0, 0.05) is 21.9 Å². The minimum Gasteiger partial charge on any atom is -0.396 e. The van der Waals surface area contributed by atoms with E-state index in [1.165, 1.54) is 11.8 Å². The number of hydrogen-bond acceptors (Lipinski definition) is 3. The Balaban J connectivity index is 1.83. The van der Waals surface area contributed by atoms with E-state index in [2.05, 4.69) is 5.32 Å². The minimum atomic E-state index is -0.164. The molecule has 1 saturated carbocycles. The second-order valence-corrected chi connectivity index (χ2v) is 7.65. The van der Waals surface area contributed by atoms with Gasteiger partial charge in [0.15, 0.2) is 0 Å². The van der Waals surface area contributed by atoms with Gasteiger partial charge in [0.1, 0.15) is 0 Å². The molecule has 0 aromatic heterocycles. The van der Waals surface area contributed by atoms with Gasteiger partial charge in [-0.2, -0.15) is 0 Å². The second-order valence-electron chi connectivity index (χ2n) is 5.80. The first-order chi connectivity index (χ1) is 10.0. The van der Waals surface area contributed by atoms with E-state index in [9.17, 15) is 9.90 Å². The van der Waals surface area contributed by atoms with E-state index in [1.54, 1.807) is 0 Å². The van der Waals surface area contributed by atoms with Crippen LogP contribution in [0.3, 0.4) is 0 Å². The van der Waals surface area contributed by atoms with Crippen LogP contribution in [0.2, 0.25) is 5.02 Å². The molecule has 5 heteroatoms. The van der Waals surface area contributed by atoms with E-state index in [-0.39, 0.29) is 23.2 Å². The molecule has 2 N–H and O–H groups in total. The van der Waals surface area contributed by atoms with Crippen molar-refractivity contribution < 1.29 is 9.90 Å². The van der Waals surface area contributed by atoms with Crippen molar-refractivity contribution in [2.24, 2.45) is 5.41 Å². The van der Waals surface area contributed by atoms with E-state index >= 15 is 0 Å². The maximum absolute atomic E-state index is 12.2. The summed E-state index contributed by atoms with van der Waals surface area (Å²) in [5.74, 6) is 0.0228. The van der Waals surface area contributed by atoms with Gasteiger partial charge >= 0.3 is 0 Å². The Kier molecular flexibility index (Phi) is 5.97. The fourth-order valence-electron chi connectivity index (χ4n) is 2.70. The van der Waals surface area contributed by atoms with Gasteiger partial charge in [-0.3, -0.25) is 4.79 Å². The van der Waals surface area contributed by atoms with E-state index in [0.717, 1.165) is 30.6 Å². The van der Waals surface area contributed by atoms with Crippen molar-refractivity contribution in [3.05, 3.63) is 29.3 Å². The van der Waals surface area contributed by atoms with E-state index in [0.29, 0.717) is 11.6 Å². The molecule has 0 aliphatic heterocycles. The molecule has 116 valence electrons. The number of aliphatic hydroxyl groups excluding tert-OH is 1. The summed E-state index contributed by atoms with van der Waals surface area (Å²) >= 11 is 7.37. The van der Waals surface area contributed by atoms with Crippen LogP contribution in [0.15, 0.2) is 29.2 Å². The SMILES string of the molecule is CC(Sc1ccc(Cl)cc1)C(=O)NCC1(CO)CCCC1. The second kappa shape index (κ2) is 7.52. The average Bonchev–Trinajstić information content (AvgIpc) is 2.96. The molecule has 0 spiro atoms. The van der Waals surface area contributed by atoms with Crippen LogP contribution in [0.5, 0.6) is 0 Å². The Labute approximate surface area is 135 Å². The molecule has 0 bridgehead atoms. The molecule has 0 heterocycles. The molecule has 1 unspecified atom stereocenters. The first-order valence-electron chi connectivity index (χ1n) is 7.35. The number of rotatable bonds is 6. The fraction of sp³-hybridized carbons (Fsp3) is 0.562. The highest BCUT2D eigenvalue weighted by molar-refractivity contribution is 8.00. The fourth-order valence-corrected chi connectivity index (χ4v) is 3.72. The van der Waals surface area contributed by atoms with Crippen molar-refractivity contribution >= 4 is 29.3 Å². The summed E-state index contributed by atoms with van der Waals surface area (Å²) in [7, 11) is 0. The third-order valence-corrected chi connectivity index (χ3v) is 5.50. The van der Waals surface area contributed by atoms with Gasteiger partial charge < -0.3 is 10.4 Å². The van der Waals surface area contributed by atoms with E-state index < -0.39 is 0 Å². The number of amides is 1. The van der Waals surface area contributed by atoms with Gasteiger partial charge in [-0.05, 0) is 44.0 Å². The van der Waals surface area contributed by atoms with Gasteiger partial charge in [-0.15, -0.1) is 11.8 Å². The van der Waals surface area contributed by atoms with Crippen molar-refractivity contribution in [3.8, 4) is 0 Å². The number of carbonyl (C=O) groups excluding carboxylic acids is 1. The first kappa shape index (κ1) is 16.7. The monoisotopic (exact) mass is 327 g/mol. The van der Waals surface area contributed by atoms with Crippen molar-refractivity contribution in [3.63, 3.8) is 0 Å². The van der Waals surface area contributed by atoms with Crippen LogP contribution < -0.4 is 5.32 Å². The number of nitrogens with one attached hydrogen (secondary N) is 1. The Bertz CT molecular complexity index is 472. The molecule has 1 aliphatic carbocycles. The minimum absolute atomic E-state index is 0.0228. The lowest BCUT2D eigenvalue weighted by Crippen LogP contribution is -2.41. The van der Waals surface area contributed by atoms with Crippen LogP contribution in [0.4, 0.5) is 0 Å². The molecule has 3 nitrogen and oxygen atoms in total. The molecule has 0 radical (unpaired) electrons. The average molecular weight is 328 g/mol. The summed E-state index contributed by atoms with van der Waals surface area (Å²) < 4.78 is 0. The summed E-state index contributed by atoms with van der Waals surface area (Å²) in [6, 6.07) is 7.49. The summed E-state index contributed by atoms with van der Waals surface area (Å²) in [6.45, 7) is 2.63. The molecular formula is C16H22ClNO2S. The Morgan fingerprint density at radius 1 is 1.38 bits per heavy atom. The van der Waals surface area contributed by atoms with Crippen LogP contribution in [-0.2, 0) is 4.79 Å². The third kappa shape index (κ3) is 4.63. The van der Waals surface area contributed by atoms with Gasteiger partial charge in [0.25, 0.3) is 0 Å². The summed E-state index contributed by atoms with van der Waals surface area (Å²) in [5, 5.41) is 13.1. The van der Waals surface area contributed by atoms with Crippen LogP contribution in [0.25, 0.3) is 0 Å². The highest BCUT2D eigenvalue weighted by atomic mass is 35.5. The molecule has 0 saturated heterocycles. The predicted octanol–water partition coefficient (Wildman–Crippen LogP) is 3.49. The van der Waals surface area contributed by atoms with Gasteiger partial charge in [-0.1, -0.05) is 24.4 Å². The van der Waals surface area contributed by atoms with E-state index in [1.807, 2.05) is 31.2 Å². The maximum Gasteiger partial charge on any atom is 0.233 e. The molecule has 1 aromatic rings.